The molecule has 0 saturated carbocycles. The minimum absolute atomic E-state index is 0.153. The minimum Gasteiger partial charge on any atom is -0.480 e. The largest absolute Gasteiger partial charge is 0.480 e. The molecular weight excluding hydrogens is 218 g/mol. The van der Waals surface area contributed by atoms with Crippen LogP contribution in [0.4, 0.5) is 0 Å². The van der Waals surface area contributed by atoms with Crippen LogP contribution < -0.4 is 5.32 Å². The summed E-state index contributed by atoms with van der Waals surface area (Å²) in [7, 11) is 0. The summed E-state index contributed by atoms with van der Waals surface area (Å²) in [5, 5.41) is 11.7. The van der Waals surface area contributed by atoms with Gasteiger partial charge in [-0.05, 0) is 19.8 Å². The maximum Gasteiger partial charge on any atom is 0.329 e. The highest BCUT2D eigenvalue weighted by molar-refractivity contribution is 5.86. The van der Waals surface area contributed by atoms with E-state index < -0.39 is 11.5 Å². The summed E-state index contributed by atoms with van der Waals surface area (Å²) < 4.78 is 0. The van der Waals surface area contributed by atoms with E-state index in [4.69, 9.17) is 5.11 Å². The van der Waals surface area contributed by atoms with Gasteiger partial charge in [0.25, 0.3) is 0 Å². The first-order chi connectivity index (χ1) is 7.96. The first kappa shape index (κ1) is 15.9. The molecule has 0 aliphatic carbocycles. The summed E-state index contributed by atoms with van der Waals surface area (Å²) in [6.45, 7) is 5.60. The SMILES string of the molecule is CCCCCCC(=O)NC(C)(CCC)C(=O)O. The average Bonchev–Trinajstić information content (AvgIpc) is 2.24. The molecule has 0 bridgehead atoms. The molecule has 0 aromatic carbocycles. The van der Waals surface area contributed by atoms with Crippen molar-refractivity contribution in [2.24, 2.45) is 0 Å². The summed E-state index contributed by atoms with van der Waals surface area (Å²) in [6.07, 6.45) is 5.74. The first-order valence-corrected chi connectivity index (χ1v) is 6.50. The molecule has 4 heteroatoms. The lowest BCUT2D eigenvalue weighted by Gasteiger charge is -2.25. The summed E-state index contributed by atoms with van der Waals surface area (Å²) in [6, 6.07) is 0. The number of nitrogens with one attached hydrogen (secondary N) is 1. The van der Waals surface area contributed by atoms with Crippen LogP contribution in [-0.2, 0) is 9.59 Å². The molecular formula is C13H25NO3. The quantitative estimate of drug-likeness (QED) is 0.612. The standard InChI is InChI=1S/C13H25NO3/c1-4-6-7-8-9-11(15)14-13(3,10-5-2)12(16)17/h4-10H2,1-3H3,(H,14,15)(H,16,17). The van der Waals surface area contributed by atoms with Crippen molar-refractivity contribution in [3.05, 3.63) is 0 Å². The Morgan fingerprint density at radius 2 is 1.76 bits per heavy atom. The lowest BCUT2D eigenvalue weighted by Crippen LogP contribution is -2.52. The van der Waals surface area contributed by atoms with Crippen LogP contribution in [0.25, 0.3) is 0 Å². The summed E-state index contributed by atoms with van der Waals surface area (Å²) >= 11 is 0. The van der Waals surface area contributed by atoms with Crippen LogP contribution in [-0.4, -0.2) is 22.5 Å². The molecule has 17 heavy (non-hydrogen) atoms. The molecule has 0 aliphatic rings. The molecule has 0 heterocycles. The van der Waals surface area contributed by atoms with E-state index in [1.54, 1.807) is 6.92 Å². The van der Waals surface area contributed by atoms with Gasteiger partial charge in [-0.15, -0.1) is 0 Å². The van der Waals surface area contributed by atoms with E-state index in [-0.39, 0.29) is 5.91 Å². The Kier molecular flexibility index (Phi) is 7.59. The van der Waals surface area contributed by atoms with Crippen LogP contribution in [0.1, 0.15) is 65.7 Å². The number of hydrogen-bond acceptors (Lipinski definition) is 2. The van der Waals surface area contributed by atoms with Crippen LogP contribution in [0.15, 0.2) is 0 Å². The average molecular weight is 243 g/mol. The van der Waals surface area contributed by atoms with E-state index >= 15 is 0 Å². The van der Waals surface area contributed by atoms with E-state index in [1.807, 2.05) is 6.92 Å². The second-order valence-corrected chi connectivity index (χ2v) is 4.75. The third-order valence-electron chi connectivity index (χ3n) is 2.89. The Morgan fingerprint density at radius 3 is 2.24 bits per heavy atom. The van der Waals surface area contributed by atoms with Gasteiger partial charge in [-0.3, -0.25) is 4.79 Å². The van der Waals surface area contributed by atoms with Crippen molar-refractivity contribution >= 4 is 11.9 Å². The molecule has 0 fully saturated rings. The van der Waals surface area contributed by atoms with Crippen LogP contribution in [0, 0.1) is 0 Å². The zero-order valence-electron chi connectivity index (χ0n) is 11.2. The Labute approximate surface area is 104 Å². The summed E-state index contributed by atoms with van der Waals surface area (Å²) in [4.78, 5) is 22.7. The third-order valence-corrected chi connectivity index (χ3v) is 2.89. The van der Waals surface area contributed by atoms with E-state index in [0.29, 0.717) is 12.8 Å². The molecule has 0 rings (SSSR count). The Hall–Kier alpha value is -1.06. The summed E-state index contributed by atoms with van der Waals surface area (Å²) in [5.74, 6) is -1.11. The lowest BCUT2D eigenvalue weighted by molar-refractivity contribution is -0.147. The van der Waals surface area contributed by atoms with Crippen molar-refractivity contribution in [1.82, 2.24) is 5.32 Å². The number of aliphatic carboxylic acids is 1. The van der Waals surface area contributed by atoms with Gasteiger partial charge in [-0.2, -0.15) is 0 Å². The second-order valence-electron chi connectivity index (χ2n) is 4.75. The second kappa shape index (κ2) is 8.09. The van der Waals surface area contributed by atoms with Crippen LogP contribution in [0.2, 0.25) is 0 Å². The van der Waals surface area contributed by atoms with Crippen LogP contribution in [0.5, 0.6) is 0 Å². The molecule has 0 aliphatic heterocycles. The zero-order chi connectivity index (χ0) is 13.3. The van der Waals surface area contributed by atoms with Crippen molar-refractivity contribution in [2.45, 2.75) is 71.3 Å². The van der Waals surface area contributed by atoms with Gasteiger partial charge < -0.3 is 10.4 Å². The molecule has 1 atom stereocenters. The monoisotopic (exact) mass is 243 g/mol. The van der Waals surface area contributed by atoms with E-state index in [0.717, 1.165) is 32.1 Å². The van der Waals surface area contributed by atoms with Gasteiger partial charge in [0, 0.05) is 6.42 Å². The predicted molar refractivity (Wildman–Crippen MR) is 67.9 cm³/mol. The molecule has 2 N–H and O–H groups in total. The lowest BCUT2D eigenvalue weighted by atomic mass is 9.96. The molecule has 0 aromatic heterocycles. The Bertz CT molecular complexity index is 253. The highest BCUT2D eigenvalue weighted by atomic mass is 16.4. The maximum absolute atomic E-state index is 11.6. The fraction of sp³-hybridized carbons (Fsp3) is 0.846. The van der Waals surface area contributed by atoms with Crippen molar-refractivity contribution < 1.29 is 14.7 Å². The molecule has 4 nitrogen and oxygen atoms in total. The molecule has 100 valence electrons. The van der Waals surface area contributed by atoms with E-state index in [1.165, 1.54) is 0 Å². The topological polar surface area (TPSA) is 66.4 Å². The van der Waals surface area contributed by atoms with Crippen LogP contribution >= 0.6 is 0 Å². The molecule has 1 unspecified atom stereocenters. The smallest absolute Gasteiger partial charge is 0.329 e. The fourth-order valence-corrected chi connectivity index (χ4v) is 1.81. The van der Waals surface area contributed by atoms with Gasteiger partial charge in [0.05, 0.1) is 0 Å². The number of unbranched alkanes of at least 4 members (excludes halogenated alkanes) is 3. The van der Waals surface area contributed by atoms with Gasteiger partial charge in [0.1, 0.15) is 5.54 Å². The maximum atomic E-state index is 11.6. The van der Waals surface area contributed by atoms with Crippen molar-refractivity contribution in [3.8, 4) is 0 Å². The van der Waals surface area contributed by atoms with Gasteiger partial charge in [0.2, 0.25) is 5.91 Å². The predicted octanol–water partition coefficient (Wildman–Crippen LogP) is 2.72. The zero-order valence-corrected chi connectivity index (χ0v) is 11.2. The Balaban J connectivity index is 4.09. The highest BCUT2D eigenvalue weighted by Gasteiger charge is 2.33. The van der Waals surface area contributed by atoms with Crippen molar-refractivity contribution in [3.63, 3.8) is 0 Å². The molecule has 0 aromatic rings. The summed E-state index contributed by atoms with van der Waals surface area (Å²) in [5.41, 5.74) is -1.11. The normalized spacial score (nSPS) is 14.1. The Morgan fingerprint density at radius 1 is 1.12 bits per heavy atom. The first-order valence-electron chi connectivity index (χ1n) is 6.50. The van der Waals surface area contributed by atoms with E-state index in [2.05, 4.69) is 12.2 Å². The number of rotatable bonds is 9. The number of carboxylic acids is 1. The molecule has 0 radical (unpaired) electrons. The molecule has 1 amide bonds. The molecule has 0 saturated heterocycles. The number of carboxylic acid groups (broad SMARTS) is 1. The van der Waals surface area contributed by atoms with Gasteiger partial charge >= 0.3 is 5.97 Å². The number of amides is 1. The van der Waals surface area contributed by atoms with Gasteiger partial charge in [-0.1, -0.05) is 39.5 Å². The van der Waals surface area contributed by atoms with Crippen molar-refractivity contribution in [1.29, 1.82) is 0 Å². The molecule has 0 spiro atoms. The highest BCUT2D eigenvalue weighted by Crippen LogP contribution is 2.13. The van der Waals surface area contributed by atoms with Crippen molar-refractivity contribution in [2.75, 3.05) is 0 Å². The number of carbonyl (C=O) groups excluding carboxylic acids is 1. The minimum atomic E-state index is -1.11. The van der Waals surface area contributed by atoms with Gasteiger partial charge in [-0.25, -0.2) is 4.79 Å². The van der Waals surface area contributed by atoms with Gasteiger partial charge in [0.15, 0.2) is 0 Å². The number of carbonyl (C=O) groups is 2. The fourth-order valence-electron chi connectivity index (χ4n) is 1.81. The number of hydrogen-bond donors (Lipinski definition) is 2. The third kappa shape index (κ3) is 6.29. The van der Waals surface area contributed by atoms with Crippen LogP contribution in [0.3, 0.4) is 0 Å². The van der Waals surface area contributed by atoms with E-state index in [9.17, 15) is 9.59 Å².